The largest absolute Gasteiger partial charge is 0.391 e. The average molecular weight is 450 g/mol. The molecule has 0 saturated carbocycles. The number of nitrogens with zero attached hydrogens (tertiary/aromatic N) is 2. The lowest BCUT2D eigenvalue weighted by Gasteiger charge is -2.31. The van der Waals surface area contributed by atoms with Crippen LogP contribution in [0.25, 0.3) is 0 Å². The second-order valence-corrected chi connectivity index (χ2v) is 9.03. The molecule has 7 N–H and O–H groups in total. The first-order valence-corrected chi connectivity index (χ1v) is 11.4. The predicted octanol–water partition coefficient (Wildman–Crippen LogP) is -3.15. The summed E-state index contributed by atoms with van der Waals surface area (Å²) >= 11 is 2.72. The van der Waals surface area contributed by atoms with Crippen molar-refractivity contribution >= 4 is 47.2 Å². The quantitative estimate of drug-likeness (QED) is 0.278. The summed E-state index contributed by atoms with van der Waals surface area (Å²) in [4.78, 5) is 52.7. The number of nitrogens with two attached hydrogens (primary N) is 2. The Morgan fingerprint density at radius 2 is 1.45 bits per heavy atom. The molecular formula is C16H27N5O6S2. The number of thioether (sulfide) groups is 2. The van der Waals surface area contributed by atoms with Crippen molar-refractivity contribution in [1.82, 2.24) is 15.1 Å². The van der Waals surface area contributed by atoms with E-state index < -0.39 is 60.0 Å². The number of imide groups is 1. The van der Waals surface area contributed by atoms with Crippen LogP contribution in [0.5, 0.6) is 0 Å². The molecule has 0 aromatic carbocycles. The standard InChI is InChI=1S/C16H27N5O6S2/c1-7(22)11(17)14(25)19-13(24)9-3-28-5-20(9)15(26)10-4-29-6-21(10)16(27)12(18)8(2)23/h7-12,22-23H,3-6,17-18H2,1-2H3,(H,19,24,25)/t7-,8-,9+,10+,11+,12+/m1/s1. The molecule has 6 atom stereocenters. The van der Waals surface area contributed by atoms with Gasteiger partial charge in [0.25, 0.3) is 0 Å². The number of carbonyl (C=O) groups is 4. The molecule has 0 aromatic heterocycles. The van der Waals surface area contributed by atoms with Crippen molar-refractivity contribution in [2.45, 2.75) is 50.2 Å². The molecule has 4 amide bonds. The third kappa shape index (κ3) is 5.41. The molecule has 2 saturated heterocycles. The minimum absolute atomic E-state index is 0.235. The van der Waals surface area contributed by atoms with Crippen molar-refractivity contribution in [3.05, 3.63) is 0 Å². The van der Waals surface area contributed by atoms with E-state index in [-0.39, 0.29) is 17.5 Å². The lowest BCUT2D eigenvalue weighted by molar-refractivity contribution is -0.147. The summed E-state index contributed by atoms with van der Waals surface area (Å²) < 4.78 is 0. The van der Waals surface area contributed by atoms with Gasteiger partial charge in [0.2, 0.25) is 23.6 Å². The maximum atomic E-state index is 13.1. The first-order chi connectivity index (χ1) is 13.6. The maximum absolute atomic E-state index is 13.1. The van der Waals surface area contributed by atoms with E-state index in [4.69, 9.17) is 11.5 Å². The molecule has 2 heterocycles. The van der Waals surface area contributed by atoms with Gasteiger partial charge in [0, 0.05) is 11.5 Å². The number of carbonyl (C=O) groups excluding carboxylic acids is 4. The second kappa shape index (κ2) is 10.1. The fourth-order valence-electron chi connectivity index (χ4n) is 2.84. The van der Waals surface area contributed by atoms with Gasteiger partial charge in [-0.15, -0.1) is 23.5 Å². The minimum atomic E-state index is -1.27. The van der Waals surface area contributed by atoms with E-state index in [1.54, 1.807) is 0 Å². The van der Waals surface area contributed by atoms with E-state index in [0.717, 1.165) is 0 Å². The number of aliphatic hydroxyl groups excluding tert-OH is 2. The zero-order valence-corrected chi connectivity index (χ0v) is 17.8. The van der Waals surface area contributed by atoms with Gasteiger partial charge in [-0.1, -0.05) is 0 Å². The Balaban J connectivity index is 2.08. The Morgan fingerprint density at radius 3 is 2.00 bits per heavy atom. The summed E-state index contributed by atoms with van der Waals surface area (Å²) in [5.41, 5.74) is 11.3. The van der Waals surface area contributed by atoms with E-state index >= 15 is 0 Å². The van der Waals surface area contributed by atoms with E-state index in [1.165, 1.54) is 47.2 Å². The van der Waals surface area contributed by atoms with E-state index in [9.17, 15) is 29.4 Å². The number of hydrogen-bond donors (Lipinski definition) is 5. The molecule has 0 radical (unpaired) electrons. The highest BCUT2D eigenvalue weighted by molar-refractivity contribution is 7.99. The Hall–Kier alpha value is -1.38. The maximum Gasteiger partial charge on any atom is 0.250 e. The van der Waals surface area contributed by atoms with Crippen LogP contribution in [0.2, 0.25) is 0 Å². The van der Waals surface area contributed by atoms with E-state index in [2.05, 4.69) is 5.32 Å². The second-order valence-electron chi connectivity index (χ2n) is 7.03. The fraction of sp³-hybridized carbons (Fsp3) is 0.750. The summed E-state index contributed by atoms with van der Waals surface area (Å²) in [6, 6.07) is -4.11. The topological polar surface area (TPSA) is 179 Å². The van der Waals surface area contributed by atoms with Gasteiger partial charge in [0.1, 0.15) is 24.2 Å². The van der Waals surface area contributed by atoms with Gasteiger partial charge in [-0.2, -0.15) is 0 Å². The minimum Gasteiger partial charge on any atom is -0.391 e. The van der Waals surface area contributed by atoms with Crippen molar-refractivity contribution in [3.63, 3.8) is 0 Å². The molecule has 2 rings (SSSR count). The van der Waals surface area contributed by atoms with Gasteiger partial charge in [0.05, 0.1) is 24.0 Å². The molecule has 29 heavy (non-hydrogen) atoms. The van der Waals surface area contributed by atoms with Crippen molar-refractivity contribution in [3.8, 4) is 0 Å². The van der Waals surface area contributed by atoms with Crippen molar-refractivity contribution in [2.24, 2.45) is 11.5 Å². The number of nitrogens with one attached hydrogen (secondary N) is 1. The number of amides is 4. The molecule has 0 aromatic rings. The lowest BCUT2D eigenvalue weighted by atomic mass is 10.1. The molecule has 2 aliphatic heterocycles. The van der Waals surface area contributed by atoms with E-state index in [1.807, 2.05) is 0 Å². The SMILES string of the molecule is C[C@@H](O)[C@H](N)C(=O)NC(=O)[C@@H]1CSCN1C(=O)[C@@H]1CSCN1C(=O)[C@@H](N)[C@@H](C)O. The Kier molecular flexibility index (Phi) is 8.31. The highest BCUT2D eigenvalue weighted by Gasteiger charge is 2.44. The van der Waals surface area contributed by atoms with Crippen LogP contribution in [-0.2, 0) is 19.2 Å². The Bertz CT molecular complexity index is 664. The highest BCUT2D eigenvalue weighted by Crippen LogP contribution is 2.28. The van der Waals surface area contributed by atoms with Crippen LogP contribution in [0.3, 0.4) is 0 Å². The molecule has 0 unspecified atom stereocenters. The van der Waals surface area contributed by atoms with Crippen LogP contribution in [0.15, 0.2) is 0 Å². The normalized spacial score (nSPS) is 26.0. The molecule has 2 fully saturated rings. The van der Waals surface area contributed by atoms with Crippen LogP contribution < -0.4 is 16.8 Å². The molecule has 11 nitrogen and oxygen atoms in total. The summed E-state index contributed by atoms with van der Waals surface area (Å²) in [5, 5.41) is 21.1. The summed E-state index contributed by atoms with van der Waals surface area (Å²) in [6.45, 7) is 2.73. The molecule has 0 bridgehead atoms. The number of hydrogen-bond acceptors (Lipinski definition) is 10. The summed E-state index contributed by atoms with van der Waals surface area (Å²) in [7, 11) is 0. The first-order valence-electron chi connectivity index (χ1n) is 9.04. The van der Waals surface area contributed by atoms with Gasteiger partial charge in [-0.25, -0.2) is 0 Å². The lowest BCUT2D eigenvalue weighted by Crippen LogP contribution is -2.58. The molecular weight excluding hydrogens is 422 g/mol. The monoisotopic (exact) mass is 449 g/mol. The van der Waals surface area contributed by atoms with Crippen molar-refractivity contribution in [2.75, 3.05) is 23.3 Å². The average Bonchev–Trinajstić information content (AvgIpc) is 3.34. The molecule has 13 heteroatoms. The van der Waals surface area contributed by atoms with Gasteiger partial charge < -0.3 is 31.5 Å². The summed E-state index contributed by atoms with van der Waals surface area (Å²) in [6.07, 6.45) is -2.19. The zero-order valence-electron chi connectivity index (χ0n) is 16.2. The zero-order chi connectivity index (χ0) is 21.9. The van der Waals surface area contributed by atoms with Gasteiger partial charge in [0.15, 0.2) is 0 Å². The summed E-state index contributed by atoms with van der Waals surface area (Å²) in [5.74, 6) is -1.34. The molecule has 0 aliphatic carbocycles. The molecule has 0 spiro atoms. The van der Waals surface area contributed by atoms with E-state index in [0.29, 0.717) is 5.75 Å². The van der Waals surface area contributed by atoms with Crippen LogP contribution in [0.4, 0.5) is 0 Å². The van der Waals surface area contributed by atoms with Gasteiger partial charge in [-0.05, 0) is 13.8 Å². The third-order valence-electron chi connectivity index (χ3n) is 4.79. The first kappa shape index (κ1) is 23.9. The molecule has 2 aliphatic rings. The smallest absolute Gasteiger partial charge is 0.250 e. The van der Waals surface area contributed by atoms with Crippen LogP contribution in [0.1, 0.15) is 13.8 Å². The fourth-order valence-corrected chi connectivity index (χ4v) is 5.16. The third-order valence-corrected chi connectivity index (χ3v) is 6.82. The highest BCUT2D eigenvalue weighted by atomic mass is 32.2. The molecule has 164 valence electrons. The van der Waals surface area contributed by atoms with Crippen LogP contribution >= 0.6 is 23.5 Å². The van der Waals surface area contributed by atoms with Crippen LogP contribution in [-0.4, -0.2) is 103 Å². The number of rotatable bonds is 6. The van der Waals surface area contributed by atoms with Gasteiger partial charge >= 0.3 is 0 Å². The Morgan fingerprint density at radius 1 is 0.931 bits per heavy atom. The predicted molar refractivity (Wildman–Crippen MR) is 108 cm³/mol. The number of aliphatic hydroxyl groups is 2. The van der Waals surface area contributed by atoms with Crippen LogP contribution in [0, 0.1) is 0 Å². The van der Waals surface area contributed by atoms with Crippen molar-refractivity contribution < 1.29 is 29.4 Å². The van der Waals surface area contributed by atoms with Gasteiger partial charge in [-0.3, -0.25) is 24.5 Å². The Labute approximate surface area is 176 Å². The van der Waals surface area contributed by atoms with Crippen molar-refractivity contribution in [1.29, 1.82) is 0 Å².